The Kier molecular flexibility index (Phi) is 5.40. The maximum absolute atomic E-state index is 5.62. The van der Waals surface area contributed by atoms with Gasteiger partial charge in [-0.2, -0.15) is 10.1 Å². The summed E-state index contributed by atoms with van der Waals surface area (Å²) < 4.78 is 7.52. The van der Waals surface area contributed by atoms with E-state index in [0.717, 1.165) is 35.6 Å². The molecule has 5 rings (SSSR count). The molecule has 0 saturated heterocycles. The molecule has 4 aromatic rings. The third kappa shape index (κ3) is 4.38. The lowest BCUT2D eigenvalue weighted by atomic mass is 9.92. The number of likely N-dealkylation sites (N-methyl/N-ethyl adjacent to an activating group) is 1. The number of nitrogens with zero attached hydrogens (tertiary/aromatic N) is 7. The summed E-state index contributed by atoms with van der Waals surface area (Å²) in [5.41, 5.74) is 9.59. The molecule has 0 radical (unpaired) electrons. The van der Waals surface area contributed by atoms with Gasteiger partial charge in [-0.25, -0.2) is 9.97 Å². The van der Waals surface area contributed by atoms with Crippen LogP contribution in [0.2, 0.25) is 0 Å². The minimum absolute atomic E-state index is 0.119. The van der Waals surface area contributed by atoms with E-state index in [1.165, 1.54) is 18.4 Å². The number of benzene rings is 1. The van der Waals surface area contributed by atoms with Gasteiger partial charge in [0.1, 0.15) is 0 Å². The van der Waals surface area contributed by atoms with Gasteiger partial charge in [-0.05, 0) is 44.0 Å². The minimum Gasteiger partial charge on any atom is -0.368 e. The standard InChI is InChI=1S/C23H26N8O/c1-30(2)9-10-31-14-19(13-27-31)22-28-21(29-32-22)20(17-7-8-17)16-5-3-15(4-6-16)18-11-25-23(24)26-12-18/h3-6,11-14,17,20H,7-10H2,1-2H3,(H2,24,25,26)/t20-/m0/s1. The maximum Gasteiger partial charge on any atom is 0.261 e. The lowest BCUT2D eigenvalue weighted by Crippen LogP contribution is -2.18. The zero-order valence-corrected chi connectivity index (χ0v) is 18.2. The van der Waals surface area contributed by atoms with Gasteiger partial charge in [0.2, 0.25) is 5.95 Å². The van der Waals surface area contributed by atoms with Crippen molar-refractivity contribution in [3.05, 3.63) is 60.4 Å². The number of hydrogen-bond acceptors (Lipinski definition) is 8. The number of nitrogen functional groups attached to an aromatic ring is 1. The molecule has 1 aliphatic carbocycles. The van der Waals surface area contributed by atoms with Crippen LogP contribution in [-0.2, 0) is 6.54 Å². The summed E-state index contributed by atoms with van der Waals surface area (Å²) in [5.74, 6) is 2.17. The summed E-state index contributed by atoms with van der Waals surface area (Å²) in [7, 11) is 4.09. The smallest absolute Gasteiger partial charge is 0.261 e. The van der Waals surface area contributed by atoms with Crippen LogP contribution in [0.4, 0.5) is 5.95 Å². The number of rotatable bonds is 8. The molecule has 1 fully saturated rings. The van der Waals surface area contributed by atoms with Crippen LogP contribution >= 0.6 is 0 Å². The van der Waals surface area contributed by atoms with Crippen molar-refractivity contribution in [2.75, 3.05) is 26.4 Å². The molecule has 1 aromatic carbocycles. The quantitative estimate of drug-likeness (QED) is 0.454. The SMILES string of the molecule is CN(C)CCn1cc(-c2nc([C@@H](c3ccc(-c4cnc(N)nc4)cc3)C3CC3)no2)cn1. The average molecular weight is 431 g/mol. The lowest BCUT2D eigenvalue weighted by molar-refractivity contribution is 0.373. The summed E-state index contributed by atoms with van der Waals surface area (Å²) in [6.07, 6.45) is 9.55. The largest absolute Gasteiger partial charge is 0.368 e. The molecule has 3 aromatic heterocycles. The highest BCUT2D eigenvalue weighted by Crippen LogP contribution is 2.46. The molecule has 1 atom stereocenters. The van der Waals surface area contributed by atoms with Crippen molar-refractivity contribution in [3.63, 3.8) is 0 Å². The molecule has 32 heavy (non-hydrogen) atoms. The van der Waals surface area contributed by atoms with Gasteiger partial charge in [0.05, 0.1) is 24.2 Å². The van der Waals surface area contributed by atoms with Gasteiger partial charge in [0.15, 0.2) is 5.82 Å². The van der Waals surface area contributed by atoms with Gasteiger partial charge in [-0.1, -0.05) is 29.4 Å². The van der Waals surface area contributed by atoms with Crippen molar-refractivity contribution in [2.45, 2.75) is 25.3 Å². The molecular formula is C23H26N8O. The van der Waals surface area contributed by atoms with Gasteiger partial charge < -0.3 is 15.2 Å². The van der Waals surface area contributed by atoms with Gasteiger partial charge in [-0.15, -0.1) is 0 Å². The molecule has 0 aliphatic heterocycles. The fourth-order valence-electron chi connectivity index (χ4n) is 3.81. The van der Waals surface area contributed by atoms with E-state index in [4.69, 9.17) is 15.2 Å². The van der Waals surface area contributed by atoms with Crippen molar-refractivity contribution in [1.82, 2.24) is 34.8 Å². The van der Waals surface area contributed by atoms with Crippen molar-refractivity contribution in [3.8, 4) is 22.6 Å². The molecule has 1 saturated carbocycles. The normalized spacial score (nSPS) is 14.7. The summed E-state index contributed by atoms with van der Waals surface area (Å²) >= 11 is 0. The average Bonchev–Trinajstić information content (AvgIpc) is 3.31. The number of nitrogens with two attached hydrogens (primary N) is 1. The second-order valence-corrected chi connectivity index (χ2v) is 8.52. The number of anilines is 1. The van der Waals surface area contributed by atoms with E-state index in [2.05, 4.69) is 49.4 Å². The lowest BCUT2D eigenvalue weighted by Gasteiger charge is -2.13. The molecule has 9 nitrogen and oxygen atoms in total. The second-order valence-electron chi connectivity index (χ2n) is 8.52. The summed E-state index contributed by atoms with van der Waals surface area (Å²) in [6, 6.07) is 8.42. The Morgan fingerprint density at radius 3 is 2.50 bits per heavy atom. The van der Waals surface area contributed by atoms with E-state index < -0.39 is 0 Å². The first-order valence-electron chi connectivity index (χ1n) is 10.8. The van der Waals surface area contributed by atoms with Gasteiger partial charge in [0.25, 0.3) is 5.89 Å². The molecule has 0 spiro atoms. The first-order chi connectivity index (χ1) is 15.6. The van der Waals surface area contributed by atoms with Crippen LogP contribution in [-0.4, -0.2) is 55.4 Å². The van der Waals surface area contributed by atoms with E-state index in [9.17, 15) is 0 Å². The van der Waals surface area contributed by atoms with E-state index in [0.29, 0.717) is 11.8 Å². The highest BCUT2D eigenvalue weighted by atomic mass is 16.5. The maximum atomic E-state index is 5.62. The van der Waals surface area contributed by atoms with Gasteiger partial charge in [0, 0.05) is 30.7 Å². The molecule has 2 N–H and O–H groups in total. The van der Waals surface area contributed by atoms with Crippen molar-refractivity contribution in [2.24, 2.45) is 5.92 Å². The molecule has 9 heteroatoms. The molecule has 1 aliphatic rings. The van der Waals surface area contributed by atoms with Crippen molar-refractivity contribution >= 4 is 5.95 Å². The van der Waals surface area contributed by atoms with Crippen LogP contribution in [0.3, 0.4) is 0 Å². The van der Waals surface area contributed by atoms with Crippen LogP contribution in [0.25, 0.3) is 22.6 Å². The third-order valence-corrected chi connectivity index (χ3v) is 5.74. The second kappa shape index (κ2) is 8.51. The van der Waals surface area contributed by atoms with Gasteiger partial charge in [-0.3, -0.25) is 4.68 Å². The molecule has 0 bridgehead atoms. The Labute approximate surface area is 186 Å². The van der Waals surface area contributed by atoms with E-state index in [-0.39, 0.29) is 11.9 Å². The van der Waals surface area contributed by atoms with E-state index in [1.807, 2.05) is 25.0 Å². The summed E-state index contributed by atoms with van der Waals surface area (Å²) in [5, 5.41) is 8.75. The zero-order valence-electron chi connectivity index (χ0n) is 18.2. The third-order valence-electron chi connectivity index (χ3n) is 5.74. The Bertz CT molecular complexity index is 1180. The minimum atomic E-state index is 0.119. The Morgan fingerprint density at radius 2 is 1.81 bits per heavy atom. The predicted molar refractivity (Wildman–Crippen MR) is 121 cm³/mol. The molecular weight excluding hydrogens is 404 g/mol. The highest BCUT2D eigenvalue weighted by Gasteiger charge is 2.36. The van der Waals surface area contributed by atoms with Crippen LogP contribution in [0.1, 0.15) is 30.1 Å². The summed E-state index contributed by atoms with van der Waals surface area (Å²) in [4.78, 5) is 15.0. The fraction of sp³-hybridized carbons (Fsp3) is 0.348. The zero-order chi connectivity index (χ0) is 22.1. The Morgan fingerprint density at radius 1 is 1.06 bits per heavy atom. The number of aromatic nitrogens is 6. The van der Waals surface area contributed by atoms with Crippen LogP contribution in [0.15, 0.2) is 53.6 Å². The van der Waals surface area contributed by atoms with Crippen LogP contribution < -0.4 is 5.73 Å². The molecule has 3 heterocycles. The predicted octanol–water partition coefficient (Wildman–Crippen LogP) is 3.08. The molecule has 164 valence electrons. The highest BCUT2D eigenvalue weighted by molar-refractivity contribution is 5.62. The van der Waals surface area contributed by atoms with Crippen molar-refractivity contribution in [1.29, 1.82) is 0 Å². The Hall–Kier alpha value is -3.59. The monoisotopic (exact) mass is 430 g/mol. The first-order valence-corrected chi connectivity index (χ1v) is 10.8. The molecule has 0 amide bonds. The topological polar surface area (TPSA) is 112 Å². The fourth-order valence-corrected chi connectivity index (χ4v) is 3.81. The van der Waals surface area contributed by atoms with E-state index >= 15 is 0 Å². The number of hydrogen-bond donors (Lipinski definition) is 1. The Balaban J connectivity index is 1.36. The van der Waals surface area contributed by atoms with E-state index in [1.54, 1.807) is 18.6 Å². The summed E-state index contributed by atoms with van der Waals surface area (Å²) in [6.45, 7) is 1.72. The van der Waals surface area contributed by atoms with Crippen LogP contribution in [0.5, 0.6) is 0 Å². The van der Waals surface area contributed by atoms with Crippen LogP contribution in [0, 0.1) is 5.92 Å². The molecule has 0 unspecified atom stereocenters. The van der Waals surface area contributed by atoms with Crippen molar-refractivity contribution < 1.29 is 4.52 Å². The van der Waals surface area contributed by atoms with Gasteiger partial charge >= 0.3 is 0 Å². The first kappa shape index (κ1) is 20.3.